The molecule has 0 unspecified atom stereocenters. The molecular weight excluding hydrogens is 541 g/mol. The highest BCUT2D eigenvalue weighted by molar-refractivity contribution is 7.21. The molecule has 0 saturated heterocycles. The summed E-state index contributed by atoms with van der Waals surface area (Å²) >= 11 is 1.81. The minimum atomic E-state index is -0.913. The molecule has 4 aromatic carbocycles. The van der Waals surface area contributed by atoms with E-state index in [0.29, 0.717) is 0 Å². The number of aromatic nitrogens is 1. The molecular formula is C38H44BN3S. The van der Waals surface area contributed by atoms with E-state index < -0.39 is 6.15 Å². The highest BCUT2D eigenvalue weighted by Gasteiger charge is 2.28. The van der Waals surface area contributed by atoms with E-state index in [1.165, 1.54) is 63.1 Å². The second kappa shape index (κ2) is 15.4. The van der Waals surface area contributed by atoms with Crippen molar-refractivity contribution in [2.24, 2.45) is 5.73 Å². The van der Waals surface area contributed by atoms with Crippen molar-refractivity contribution in [1.29, 1.82) is 0 Å². The molecule has 0 aromatic heterocycles. The molecule has 43 heavy (non-hydrogen) atoms. The molecule has 1 heterocycles. The Hall–Kier alpha value is -4.06. The van der Waals surface area contributed by atoms with Crippen LogP contribution in [0.4, 0.5) is 0 Å². The summed E-state index contributed by atoms with van der Waals surface area (Å²) < 4.78 is 3.37. The third-order valence-corrected chi connectivity index (χ3v) is 9.23. The van der Waals surface area contributed by atoms with E-state index in [9.17, 15) is 0 Å². The number of rotatable bonds is 6. The van der Waals surface area contributed by atoms with Gasteiger partial charge < -0.3 is 5.73 Å². The van der Waals surface area contributed by atoms with Crippen LogP contribution in [0.5, 0.6) is 0 Å². The maximum absolute atomic E-state index is 4.71. The summed E-state index contributed by atoms with van der Waals surface area (Å²) in [6, 6.07) is 46.0. The summed E-state index contributed by atoms with van der Waals surface area (Å²) in [6.45, 7) is 4.40. The van der Waals surface area contributed by atoms with Gasteiger partial charge in [-0.05, 0) is 37.7 Å². The molecule has 0 fully saturated rings. The maximum atomic E-state index is 4.71. The molecule has 2 N–H and O–H groups in total. The average Bonchev–Trinajstić information content (AvgIpc) is 3.06. The fourth-order valence-electron chi connectivity index (χ4n) is 5.93. The molecule has 0 spiro atoms. The van der Waals surface area contributed by atoms with Crippen LogP contribution >= 0.6 is 11.3 Å². The largest absolute Gasteiger partial charge is 0.333 e. The first-order valence-corrected chi connectivity index (χ1v) is 16.1. The molecule has 3 nitrogen and oxygen atoms in total. The van der Waals surface area contributed by atoms with Crippen molar-refractivity contribution in [3.05, 3.63) is 138 Å². The quantitative estimate of drug-likeness (QED) is 0.142. The van der Waals surface area contributed by atoms with Gasteiger partial charge in [0.25, 0.3) is 0 Å². The summed E-state index contributed by atoms with van der Waals surface area (Å²) in [5.74, 6) is 0. The lowest BCUT2D eigenvalue weighted by molar-refractivity contribution is 0.814. The molecule has 4 aromatic rings. The molecule has 0 amide bonds. The molecule has 220 valence electrons. The van der Waals surface area contributed by atoms with Crippen molar-refractivity contribution in [1.82, 2.24) is 9.56 Å². The van der Waals surface area contributed by atoms with Crippen LogP contribution in [0, 0.1) is 6.92 Å². The molecule has 0 bridgehead atoms. The van der Waals surface area contributed by atoms with Crippen LogP contribution in [-0.2, 0) is 0 Å². The first-order valence-electron chi connectivity index (χ1n) is 15.2. The van der Waals surface area contributed by atoms with Gasteiger partial charge in [-0.25, -0.2) is 9.56 Å². The molecule has 1 aliphatic heterocycles. The maximum Gasteiger partial charge on any atom is 0.201 e. The number of aryl methyl sites for hydroxylation is 1. The predicted molar refractivity (Wildman–Crippen MR) is 192 cm³/mol. The van der Waals surface area contributed by atoms with Gasteiger partial charge in [0.15, 0.2) is 0 Å². The van der Waals surface area contributed by atoms with Crippen LogP contribution < -0.4 is 32.1 Å². The topological polar surface area (TPSA) is 41.9 Å². The minimum Gasteiger partial charge on any atom is -0.333 e. The highest BCUT2D eigenvalue weighted by atomic mass is 32.1. The summed E-state index contributed by atoms with van der Waals surface area (Å²) in [5.41, 5.74) is 12.3. The van der Waals surface area contributed by atoms with Gasteiger partial charge in [0.1, 0.15) is 14.1 Å². The van der Waals surface area contributed by atoms with E-state index in [1.807, 2.05) is 11.3 Å². The van der Waals surface area contributed by atoms with Crippen molar-refractivity contribution in [3.8, 4) is 10.6 Å². The predicted octanol–water partition coefficient (Wildman–Crippen LogP) is 6.27. The van der Waals surface area contributed by atoms with Gasteiger partial charge in [0.2, 0.25) is 5.36 Å². The minimum absolute atomic E-state index is 0.913. The van der Waals surface area contributed by atoms with E-state index in [1.54, 1.807) is 0 Å². The SMILES string of the molecule is CCCC[B-](c1ccccc1)(c1ccccc1)c1ccccc1.CN.Cc1ccc2nc3ccc(=[N+](C)C)cc-3sc2c1. The summed E-state index contributed by atoms with van der Waals surface area (Å²) in [4.78, 5) is 5.95. The van der Waals surface area contributed by atoms with E-state index in [0.717, 1.165) is 11.2 Å². The van der Waals surface area contributed by atoms with Gasteiger partial charge in [0, 0.05) is 12.1 Å². The fourth-order valence-corrected chi connectivity index (χ4v) is 7.03. The summed E-state index contributed by atoms with van der Waals surface area (Å²) in [7, 11) is 5.62. The Morgan fingerprint density at radius 3 is 1.72 bits per heavy atom. The van der Waals surface area contributed by atoms with Crippen molar-refractivity contribution in [2.45, 2.75) is 33.0 Å². The van der Waals surface area contributed by atoms with Crippen molar-refractivity contribution in [3.63, 3.8) is 0 Å². The second-order valence-corrected chi connectivity index (χ2v) is 12.2. The van der Waals surface area contributed by atoms with Crippen LogP contribution in [0.1, 0.15) is 25.3 Å². The van der Waals surface area contributed by atoms with Crippen LogP contribution in [0.15, 0.2) is 127 Å². The third kappa shape index (κ3) is 7.48. The Bertz CT molecular complexity index is 1650. The lowest BCUT2D eigenvalue weighted by Gasteiger charge is -2.43. The van der Waals surface area contributed by atoms with Crippen molar-refractivity contribution in [2.75, 3.05) is 21.1 Å². The van der Waals surface area contributed by atoms with Crippen LogP contribution in [0.2, 0.25) is 6.32 Å². The second-order valence-electron chi connectivity index (χ2n) is 11.2. The molecule has 1 aliphatic carbocycles. The van der Waals surface area contributed by atoms with Crippen LogP contribution in [-0.4, -0.2) is 32.3 Å². The third-order valence-electron chi connectivity index (χ3n) is 8.13. The van der Waals surface area contributed by atoms with Crippen LogP contribution in [0.25, 0.3) is 20.8 Å². The monoisotopic (exact) mass is 585 g/mol. The number of fused-ring (bicyclic) bond motifs is 2. The smallest absolute Gasteiger partial charge is 0.201 e. The molecule has 2 aliphatic rings. The fraction of sp³-hybridized carbons (Fsp3) is 0.211. The summed E-state index contributed by atoms with van der Waals surface area (Å²) in [5, 5.41) is 1.22. The number of unbranched alkanes of at least 4 members (excludes halogenated alkanes) is 1. The lowest BCUT2D eigenvalue weighted by Crippen LogP contribution is -2.66. The zero-order valence-corrected chi connectivity index (χ0v) is 27.0. The summed E-state index contributed by atoms with van der Waals surface area (Å²) in [6.07, 6.45) is 2.73. The Morgan fingerprint density at radius 2 is 1.23 bits per heavy atom. The van der Waals surface area contributed by atoms with Crippen molar-refractivity contribution >= 4 is 44.1 Å². The van der Waals surface area contributed by atoms with Gasteiger partial charge in [-0.2, -0.15) is 22.7 Å². The van der Waals surface area contributed by atoms with E-state index in [2.05, 4.69) is 166 Å². The zero-order valence-electron chi connectivity index (χ0n) is 26.2. The first kappa shape index (κ1) is 31.9. The molecule has 6 rings (SSSR count). The standard InChI is InChI=1S/C22H24B.C15H15N2S.CH5N/c1-2-3-19-23(20-13-7-4-8-14-20,21-15-9-5-10-16-21)22-17-11-6-12-18-22;1-10-4-6-12-14(8-10)18-15-9-11(17(2)3)5-7-13(15)16-12;1-2/h4-18H,2-3,19H2,1H3;4-9H,1-3H3;2H2,1H3/q-1;+1;. The van der Waals surface area contributed by atoms with Gasteiger partial charge >= 0.3 is 0 Å². The highest BCUT2D eigenvalue weighted by Crippen LogP contribution is 2.29. The van der Waals surface area contributed by atoms with E-state index in [4.69, 9.17) is 4.98 Å². The molecule has 5 heteroatoms. The van der Waals surface area contributed by atoms with Gasteiger partial charge in [-0.1, -0.05) is 117 Å². The Morgan fingerprint density at radius 1 is 0.698 bits per heavy atom. The van der Waals surface area contributed by atoms with Crippen LogP contribution in [0.3, 0.4) is 0 Å². The van der Waals surface area contributed by atoms with E-state index >= 15 is 0 Å². The van der Waals surface area contributed by atoms with Gasteiger partial charge in [-0.3, -0.25) is 0 Å². The zero-order chi connectivity index (χ0) is 30.7. The van der Waals surface area contributed by atoms with E-state index in [-0.39, 0.29) is 0 Å². The Labute approximate surface area is 261 Å². The Kier molecular flexibility index (Phi) is 11.4. The molecule has 0 saturated carbocycles. The average molecular weight is 586 g/mol. The number of nitrogens with two attached hydrogens (primary N) is 1. The normalized spacial score (nSPS) is 10.8. The number of nitrogens with zero attached hydrogens (tertiary/aromatic N) is 2. The number of benzene rings is 5. The molecule has 0 radical (unpaired) electrons. The number of hydrogen-bond acceptors (Lipinski definition) is 3. The molecule has 0 atom stereocenters. The van der Waals surface area contributed by atoms with Crippen molar-refractivity contribution < 1.29 is 0 Å². The van der Waals surface area contributed by atoms with Gasteiger partial charge in [0.05, 0.1) is 26.9 Å². The van der Waals surface area contributed by atoms with Gasteiger partial charge in [-0.15, -0.1) is 11.3 Å². The first-order chi connectivity index (χ1) is 21.0. The Balaban J connectivity index is 0.000000191. The number of hydrogen-bond donors (Lipinski definition) is 1. The lowest BCUT2D eigenvalue weighted by atomic mass is 9.14.